The second-order valence-corrected chi connectivity index (χ2v) is 5.89. The van der Waals surface area contributed by atoms with Crippen LogP contribution in [0.25, 0.3) is 0 Å². The van der Waals surface area contributed by atoms with Crippen molar-refractivity contribution in [1.29, 1.82) is 0 Å². The summed E-state index contributed by atoms with van der Waals surface area (Å²) in [6.45, 7) is 2.19. The number of hydrogen-bond acceptors (Lipinski definition) is 1. The van der Waals surface area contributed by atoms with E-state index in [0.29, 0.717) is 10.8 Å². The Balaban J connectivity index is 1.87. The van der Waals surface area contributed by atoms with Gasteiger partial charge in [-0.05, 0) is 60.3 Å². The first kappa shape index (κ1) is 10.5. The van der Waals surface area contributed by atoms with Gasteiger partial charge in [-0.25, -0.2) is 0 Å². The zero-order valence-electron chi connectivity index (χ0n) is 9.85. The highest BCUT2D eigenvalue weighted by Gasteiger charge is 2.67. The van der Waals surface area contributed by atoms with Crippen LogP contribution in [-0.2, 0) is 5.41 Å². The van der Waals surface area contributed by atoms with Gasteiger partial charge in [-0.2, -0.15) is 0 Å². The molecule has 0 aromatic heterocycles. The van der Waals surface area contributed by atoms with E-state index >= 15 is 0 Å². The molecular weight excluding hydrogens is 220 g/mol. The minimum Gasteiger partial charge on any atom is -0.497 e. The lowest BCUT2D eigenvalue weighted by atomic mass is 9.34. The average molecular weight is 237 g/mol. The Morgan fingerprint density at radius 3 is 2.50 bits per heavy atom. The van der Waals surface area contributed by atoms with Gasteiger partial charge >= 0.3 is 0 Å². The summed E-state index contributed by atoms with van der Waals surface area (Å²) >= 11 is 6.00. The molecule has 3 aliphatic rings. The van der Waals surface area contributed by atoms with Gasteiger partial charge in [0, 0.05) is 5.88 Å². The third kappa shape index (κ3) is 1.18. The Labute approximate surface area is 102 Å². The van der Waals surface area contributed by atoms with Gasteiger partial charge < -0.3 is 4.74 Å². The van der Waals surface area contributed by atoms with Crippen molar-refractivity contribution in [3.63, 3.8) is 0 Å². The van der Waals surface area contributed by atoms with Gasteiger partial charge in [0.1, 0.15) is 5.75 Å². The molecule has 4 rings (SSSR count). The Morgan fingerprint density at radius 2 is 2.00 bits per heavy atom. The second-order valence-electron chi connectivity index (χ2n) is 5.63. The van der Waals surface area contributed by atoms with Crippen molar-refractivity contribution >= 4 is 11.6 Å². The largest absolute Gasteiger partial charge is 0.497 e. The molecule has 1 aromatic rings. The van der Waals surface area contributed by atoms with Crippen molar-refractivity contribution in [2.75, 3.05) is 13.0 Å². The highest BCUT2D eigenvalue weighted by Crippen LogP contribution is 2.74. The van der Waals surface area contributed by atoms with Crippen LogP contribution in [-0.4, -0.2) is 13.0 Å². The van der Waals surface area contributed by atoms with E-state index < -0.39 is 0 Å². The van der Waals surface area contributed by atoms with E-state index in [4.69, 9.17) is 16.3 Å². The third-order valence-corrected chi connectivity index (χ3v) is 5.00. The fourth-order valence-corrected chi connectivity index (χ4v) is 4.07. The third-order valence-electron chi connectivity index (χ3n) is 4.43. The molecule has 86 valence electrons. The van der Waals surface area contributed by atoms with Gasteiger partial charge in [-0.1, -0.05) is 6.07 Å². The lowest BCUT2D eigenvalue weighted by Crippen LogP contribution is -2.65. The minimum absolute atomic E-state index is 0.464. The molecule has 0 unspecified atom stereocenters. The van der Waals surface area contributed by atoms with Crippen molar-refractivity contribution in [2.45, 2.75) is 31.6 Å². The van der Waals surface area contributed by atoms with E-state index in [1.165, 1.54) is 30.4 Å². The van der Waals surface area contributed by atoms with Crippen LogP contribution in [0.5, 0.6) is 5.75 Å². The van der Waals surface area contributed by atoms with Crippen molar-refractivity contribution in [3.05, 3.63) is 29.3 Å². The van der Waals surface area contributed by atoms with Crippen molar-refractivity contribution in [2.24, 2.45) is 5.41 Å². The summed E-state index contributed by atoms with van der Waals surface area (Å²) in [5, 5.41) is 0. The van der Waals surface area contributed by atoms with E-state index in [1.807, 2.05) is 0 Å². The highest BCUT2D eigenvalue weighted by molar-refractivity contribution is 6.18. The van der Waals surface area contributed by atoms with Crippen LogP contribution < -0.4 is 4.74 Å². The van der Waals surface area contributed by atoms with Crippen LogP contribution in [0, 0.1) is 12.3 Å². The number of benzene rings is 1. The first-order valence-corrected chi connectivity index (χ1v) is 6.38. The van der Waals surface area contributed by atoms with Crippen LogP contribution in [0.3, 0.4) is 0 Å². The van der Waals surface area contributed by atoms with Crippen LogP contribution in [0.2, 0.25) is 0 Å². The number of alkyl halides is 1. The predicted molar refractivity (Wildman–Crippen MR) is 66.4 cm³/mol. The van der Waals surface area contributed by atoms with Crippen LogP contribution in [0.15, 0.2) is 18.2 Å². The predicted octanol–water partition coefficient (Wildman–Crippen LogP) is 3.66. The lowest BCUT2D eigenvalue weighted by molar-refractivity contribution is -0.122. The number of hydrogen-bond donors (Lipinski definition) is 0. The van der Waals surface area contributed by atoms with Crippen LogP contribution in [0.1, 0.15) is 30.4 Å². The standard InChI is InChI=1S/C14H17ClO/c1-10-5-11(16-2)3-4-12(10)14-6-13(7-14,8-14)9-15/h3-5H,6-9H2,1-2H3. The van der Waals surface area contributed by atoms with Crippen LogP contribution >= 0.6 is 11.6 Å². The molecular formula is C14H17ClO. The molecule has 0 heterocycles. The van der Waals surface area contributed by atoms with E-state index in [2.05, 4.69) is 25.1 Å². The maximum absolute atomic E-state index is 6.00. The van der Waals surface area contributed by atoms with Gasteiger partial charge in [-0.15, -0.1) is 11.6 Å². The Hall–Kier alpha value is -0.690. The number of ether oxygens (including phenoxy) is 1. The van der Waals surface area contributed by atoms with Gasteiger partial charge in [-0.3, -0.25) is 0 Å². The summed E-state index contributed by atoms with van der Waals surface area (Å²) in [5.74, 6) is 1.80. The van der Waals surface area contributed by atoms with Crippen molar-refractivity contribution < 1.29 is 4.74 Å². The normalized spacial score (nSPS) is 35.2. The zero-order chi connectivity index (χ0) is 11.4. The Kier molecular flexibility index (Phi) is 2.07. The summed E-state index contributed by atoms with van der Waals surface area (Å²) in [7, 11) is 1.72. The molecule has 1 aromatic carbocycles. The SMILES string of the molecule is COc1ccc(C23CC(CCl)(C2)C3)c(C)c1. The molecule has 3 saturated carbocycles. The van der Waals surface area contributed by atoms with Gasteiger partial charge in [0.15, 0.2) is 0 Å². The molecule has 0 N–H and O–H groups in total. The molecule has 2 heteroatoms. The summed E-state index contributed by atoms with van der Waals surface area (Å²) in [6.07, 6.45) is 3.87. The molecule has 0 amide bonds. The molecule has 16 heavy (non-hydrogen) atoms. The fourth-order valence-electron chi connectivity index (χ4n) is 3.78. The van der Waals surface area contributed by atoms with E-state index in [0.717, 1.165) is 11.6 Å². The first-order chi connectivity index (χ1) is 7.63. The first-order valence-electron chi connectivity index (χ1n) is 5.84. The van der Waals surface area contributed by atoms with Gasteiger partial charge in [0.2, 0.25) is 0 Å². The number of halogens is 1. The molecule has 1 nitrogen and oxygen atoms in total. The van der Waals surface area contributed by atoms with Gasteiger partial charge in [0.05, 0.1) is 7.11 Å². The maximum atomic E-state index is 6.00. The Bertz CT molecular complexity index is 419. The maximum Gasteiger partial charge on any atom is 0.119 e. The monoisotopic (exact) mass is 236 g/mol. The van der Waals surface area contributed by atoms with E-state index in [1.54, 1.807) is 7.11 Å². The second kappa shape index (κ2) is 3.16. The number of aryl methyl sites for hydroxylation is 1. The highest BCUT2D eigenvalue weighted by atomic mass is 35.5. The number of rotatable bonds is 3. The molecule has 0 saturated heterocycles. The lowest BCUT2D eigenvalue weighted by Gasteiger charge is -2.71. The zero-order valence-corrected chi connectivity index (χ0v) is 10.6. The molecule has 0 atom stereocenters. The fraction of sp³-hybridized carbons (Fsp3) is 0.571. The summed E-state index contributed by atoms with van der Waals surface area (Å²) in [5.41, 5.74) is 3.83. The van der Waals surface area contributed by atoms with Gasteiger partial charge in [0.25, 0.3) is 0 Å². The Morgan fingerprint density at radius 1 is 1.31 bits per heavy atom. The molecule has 3 fully saturated rings. The molecule has 0 aliphatic heterocycles. The summed E-state index contributed by atoms with van der Waals surface area (Å²) in [6, 6.07) is 6.46. The minimum atomic E-state index is 0.464. The average Bonchev–Trinajstić information content (AvgIpc) is 2.17. The molecule has 3 aliphatic carbocycles. The quantitative estimate of drug-likeness (QED) is 0.728. The van der Waals surface area contributed by atoms with Crippen LogP contribution in [0.4, 0.5) is 0 Å². The van der Waals surface area contributed by atoms with E-state index in [9.17, 15) is 0 Å². The summed E-state index contributed by atoms with van der Waals surface area (Å²) in [4.78, 5) is 0. The number of methoxy groups -OCH3 is 1. The van der Waals surface area contributed by atoms with Crippen molar-refractivity contribution in [3.8, 4) is 5.75 Å². The van der Waals surface area contributed by atoms with E-state index in [-0.39, 0.29) is 0 Å². The molecule has 0 radical (unpaired) electrons. The van der Waals surface area contributed by atoms with Crippen molar-refractivity contribution in [1.82, 2.24) is 0 Å². The molecule has 0 spiro atoms. The summed E-state index contributed by atoms with van der Waals surface area (Å²) < 4.78 is 5.25. The topological polar surface area (TPSA) is 9.23 Å². The molecule has 2 bridgehead atoms. The smallest absolute Gasteiger partial charge is 0.119 e.